The lowest BCUT2D eigenvalue weighted by Crippen LogP contribution is -2.62. The zero-order chi connectivity index (χ0) is 25.1. The minimum atomic E-state index is -0.949. The number of benzene rings is 1. The lowest BCUT2D eigenvalue weighted by Gasteiger charge is -2.50. The predicted octanol–water partition coefficient (Wildman–Crippen LogP) is 1.22. The largest absolute Gasteiger partial charge is 0.483 e. The van der Waals surface area contributed by atoms with Crippen molar-refractivity contribution in [3.05, 3.63) is 46.6 Å². The molecule has 3 heterocycles. The molecule has 0 aliphatic carbocycles. The maximum absolute atomic E-state index is 11.8. The molecule has 0 amide bonds. The number of nitrogen functional groups attached to an aromatic ring is 1. The Morgan fingerprint density at radius 1 is 1.12 bits per heavy atom. The number of nitrogens with zero attached hydrogens (tertiary/aromatic N) is 4. The molecule has 2 fully saturated rings. The van der Waals surface area contributed by atoms with E-state index in [4.69, 9.17) is 41.9 Å². The van der Waals surface area contributed by atoms with Gasteiger partial charge in [-0.15, -0.1) is 0 Å². The summed E-state index contributed by atoms with van der Waals surface area (Å²) in [5.74, 6) is 0.851. The number of anilines is 2. The van der Waals surface area contributed by atoms with Crippen LogP contribution in [0.15, 0.2) is 30.3 Å². The highest BCUT2D eigenvalue weighted by Crippen LogP contribution is 2.39. The molecule has 2 saturated heterocycles. The highest BCUT2D eigenvalue weighted by molar-refractivity contribution is 6.33. The van der Waals surface area contributed by atoms with Crippen molar-refractivity contribution in [1.29, 1.82) is 0 Å². The Labute approximate surface area is 202 Å². The first-order valence-corrected chi connectivity index (χ1v) is 11.0. The van der Waals surface area contributed by atoms with E-state index in [-0.39, 0.29) is 24.9 Å². The maximum Gasteiger partial charge on any atom is 0.290 e. The van der Waals surface area contributed by atoms with Crippen LogP contribution in [0.2, 0.25) is 5.02 Å². The second kappa shape index (κ2) is 13.0. The molecule has 2 aliphatic rings. The first-order valence-electron chi connectivity index (χ1n) is 10.6. The van der Waals surface area contributed by atoms with Gasteiger partial charge in [0.1, 0.15) is 10.6 Å². The van der Waals surface area contributed by atoms with Crippen LogP contribution in [0.25, 0.3) is 0 Å². The number of hydrogen-bond acceptors (Lipinski definition) is 9. The lowest BCUT2D eigenvalue weighted by molar-refractivity contribution is -0.123. The smallest absolute Gasteiger partial charge is 0.290 e. The van der Waals surface area contributed by atoms with Gasteiger partial charge in [-0.1, -0.05) is 41.9 Å². The second-order valence-corrected chi connectivity index (χ2v) is 8.04. The van der Waals surface area contributed by atoms with E-state index in [2.05, 4.69) is 19.8 Å². The average Bonchev–Trinajstić information content (AvgIpc) is 2.84. The standard InChI is InChI=1S/C20H26ClN5O2.2CH2O2/c1-14-17(21)18(24-19(22)23-14)26-8-7-20(27,15-5-3-2-4-6-15)16(13-26)25-9-11-28-12-10-25;2*2-1-3/h2-6,16,27H,7-13H2,1H3,(H2,22,23,24);2*1H,(H,2,3)/t16-,20+;;/m1../s1. The van der Waals surface area contributed by atoms with E-state index in [9.17, 15) is 5.11 Å². The van der Waals surface area contributed by atoms with Gasteiger partial charge in [0.25, 0.3) is 12.9 Å². The van der Waals surface area contributed by atoms with Gasteiger partial charge in [0.15, 0.2) is 5.82 Å². The van der Waals surface area contributed by atoms with Crippen molar-refractivity contribution >= 4 is 36.3 Å². The van der Waals surface area contributed by atoms with Crippen LogP contribution in [0.1, 0.15) is 17.7 Å². The van der Waals surface area contributed by atoms with Gasteiger partial charge in [-0.2, -0.15) is 4.98 Å². The van der Waals surface area contributed by atoms with Crippen LogP contribution in [-0.4, -0.2) is 88.6 Å². The summed E-state index contributed by atoms with van der Waals surface area (Å²) in [6.45, 7) is 5.46. The van der Waals surface area contributed by atoms with Gasteiger partial charge >= 0.3 is 0 Å². The Bertz CT molecular complexity index is 926. The summed E-state index contributed by atoms with van der Waals surface area (Å²) >= 11 is 6.50. The number of carbonyl (C=O) groups is 2. The summed E-state index contributed by atoms with van der Waals surface area (Å²) in [6, 6.07) is 9.81. The number of ether oxygens (including phenoxy) is 1. The normalized spacial score (nSPS) is 22.4. The average molecular weight is 496 g/mol. The summed E-state index contributed by atoms with van der Waals surface area (Å²) in [4.78, 5) is 29.7. The molecule has 34 heavy (non-hydrogen) atoms. The molecular formula is C22H30ClN5O6. The molecule has 0 unspecified atom stereocenters. The van der Waals surface area contributed by atoms with Crippen molar-refractivity contribution in [1.82, 2.24) is 14.9 Å². The molecule has 1 aromatic carbocycles. The van der Waals surface area contributed by atoms with Gasteiger partial charge in [0.2, 0.25) is 5.95 Å². The van der Waals surface area contributed by atoms with E-state index < -0.39 is 5.60 Å². The van der Waals surface area contributed by atoms with Crippen LogP contribution in [0.4, 0.5) is 11.8 Å². The van der Waals surface area contributed by atoms with E-state index in [1.165, 1.54) is 0 Å². The lowest BCUT2D eigenvalue weighted by atomic mass is 9.79. The highest BCUT2D eigenvalue weighted by atomic mass is 35.5. The van der Waals surface area contributed by atoms with Gasteiger partial charge in [0.05, 0.1) is 24.9 Å². The van der Waals surface area contributed by atoms with Crippen LogP contribution in [0.5, 0.6) is 0 Å². The third kappa shape index (κ3) is 6.54. The second-order valence-electron chi connectivity index (χ2n) is 7.67. The monoisotopic (exact) mass is 495 g/mol. The van der Waals surface area contributed by atoms with Gasteiger partial charge < -0.3 is 30.7 Å². The van der Waals surface area contributed by atoms with Crippen molar-refractivity contribution in [2.75, 3.05) is 50.0 Å². The van der Waals surface area contributed by atoms with Crippen molar-refractivity contribution < 1.29 is 29.6 Å². The number of aryl methyl sites for hydroxylation is 1. The van der Waals surface area contributed by atoms with Gasteiger partial charge in [-0.25, -0.2) is 4.98 Å². The number of nitrogens with two attached hydrogens (primary N) is 1. The van der Waals surface area contributed by atoms with Gasteiger partial charge in [-0.05, 0) is 18.9 Å². The number of piperidine rings is 1. The van der Waals surface area contributed by atoms with Crippen molar-refractivity contribution in [3.8, 4) is 0 Å². The molecule has 2 atom stereocenters. The Morgan fingerprint density at radius 3 is 2.29 bits per heavy atom. The molecule has 0 spiro atoms. The van der Waals surface area contributed by atoms with Crippen molar-refractivity contribution in [2.45, 2.75) is 25.0 Å². The Kier molecular flexibility index (Phi) is 10.5. The molecule has 2 aliphatic heterocycles. The van der Waals surface area contributed by atoms with Crippen LogP contribution in [-0.2, 0) is 19.9 Å². The summed E-state index contributed by atoms with van der Waals surface area (Å²) < 4.78 is 5.53. The summed E-state index contributed by atoms with van der Waals surface area (Å²) in [6.07, 6.45) is 0.568. The topological polar surface area (TPSA) is 162 Å². The highest BCUT2D eigenvalue weighted by Gasteiger charge is 2.46. The van der Waals surface area contributed by atoms with E-state index in [1.54, 1.807) is 0 Å². The van der Waals surface area contributed by atoms with Crippen LogP contribution >= 0.6 is 11.6 Å². The fraction of sp³-hybridized carbons (Fsp3) is 0.455. The molecule has 0 saturated carbocycles. The zero-order valence-electron chi connectivity index (χ0n) is 18.9. The summed E-state index contributed by atoms with van der Waals surface area (Å²) in [5, 5.41) is 26.1. The third-order valence-corrected chi connectivity index (χ3v) is 6.23. The Balaban J connectivity index is 0.000000618. The number of aromatic nitrogens is 2. The molecule has 11 nitrogen and oxygen atoms in total. The third-order valence-electron chi connectivity index (χ3n) is 5.78. The maximum atomic E-state index is 11.8. The molecule has 186 valence electrons. The van der Waals surface area contributed by atoms with Crippen molar-refractivity contribution in [2.24, 2.45) is 0 Å². The molecule has 1 aromatic heterocycles. The minimum absolute atomic E-state index is 0.111. The number of rotatable bonds is 3. The fourth-order valence-corrected chi connectivity index (χ4v) is 4.46. The predicted molar refractivity (Wildman–Crippen MR) is 127 cm³/mol. The zero-order valence-corrected chi connectivity index (χ0v) is 19.6. The fourth-order valence-electron chi connectivity index (χ4n) is 4.26. The molecule has 0 radical (unpaired) electrons. The van der Waals surface area contributed by atoms with E-state index in [1.807, 2.05) is 37.3 Å². The Morgan fingerprint density at radius 2 is 1.71 bits per heavy atom. The van der Waals surface area contributed by atoms with E-state index in [0.29, 0.717) is 49.3 Å². The molecule has 12 heteroatoms. The molecule has 4 rings (SSSR count). The number of aliphatic hydroxyl groups is 1. The van der Waals surface area contributed by atoms with Crippen LogP contribution < -0.4 is 10.6 Å². The SMILES string of the molecule is Cc1nc(N)nc(N2CC[C@](O)(c3ccccc3)[C@H](N3CCOCC3)C2)c1Cl.O=CO.O=CO. The number of morpholine rings is 1. The molecular weight excluding hydrogens is 466 g/mol. The summed E-state index contributed by atoms with van der Waals surface area (Å²) in [5.41, 5.74) is 6.53. The Hall–Kier alpha value is -2.99. The minimum Gasteiger partial charge on any atom is -0.483 e. The number of halogens is 1. The van der Waals surface area contributed by atoms with Crippen LogP contribution in [0.3, 0.4) is 0 Å². The summed E-state index contributed by atoms with van der Waals surface area (Å²) in [7, 11) is 0. The van der Waals surface area contributed by atoms with E-state index >= 15 is 0 Å². The first kappa shape index (κ1) is 27.3. The van der Waals surface area contributed by atoms with Gasteiger partial charge in [0, 0.05) is 26.2 Å². The van der Waals surface area contributed by atoms with Crippen LogP contribution in [0, 0.1) is 6.92 Å². The van der Waals surface area contributed by atoms with Gasteiger partial charge in [-0.3, -0.25) is 14.5 Å². The number of hydrogen-bond donors (Lipinski definition) is 4. The molecule has 5 N–H and O–H groups in total. The first-order chi connectivity index (χ1) is 16.3. The molecule has 0 bridgehead atoms. The van der Waals surface area contributed by atoms with E-state index in [0.717, 1.165) is 18.7 Å². The van der Waals surface area contributed by atoms with Crippen molar-refractivity contribution in [3.63, 3.8) is 0 Å². The molecule has 2 aromatic rings. The quantitative estimate of drug-likeness (QED) is 0.453. The number of carboxylic acid groups (broad SMARTS) is 2.